The van der Waals surface area contributed by atoms with Gasteiger partial charge in [-0.15, -0.1) is 6.58 Å². The van der Waals surface area contributed by atoms with Gasteiger partial charge in [0.2, 0.25) is 0 Å². The molecule has 1 atom stereocenters. The number of hydrogen-bond acceptors (Lipinski definition) is 2. The Kier molecular flexibility index (Phi) is 5.34. The Balaban J connectivity index is 1.88. The molecule has 2 nitrogen and oxygen atoms in total. The number of ketones is 1. The number of hydrogen-bond donors (Lipinski definition) is 1. The second-order valence-corrected chi connectivity index (χ2v) is 5.24. The van der Waals surface area contributed by atoms with Gasteiger partial charge in [0.1, 0.15) is 5.78 Å². The smallest absolute Gasteiger partial charge is 0.141 e. The molecular formula is C17H23NO. The molecular weight excluding hydrogens is 234 g/mol. The molecule has 0 saturated carbocycles. The lowest BCUT2D eigenvalue weighted by Gasteiger charge is -2.25. The fourth-order valence-electron chi connectivity index (χ4n) is 2.72. The van der Waals surface area contributed by atoms with Crippen LogP contribution in [0.4, 0.5) is 0 Å². The molecule has 0 amide bonds. The molecule has 1 aliphatic rings. The lowest BCUT2D eigenvalue weighted by Crippen LogP contribution is -2.32. The molecule has 0 fully saturated rings. The molecule has 0 aromatic heterocycles. The average Bonchev–Trinajstić information content (AvgIpc) is 2.46. The summed E-state index contributed by atoms with van der Waals surface area (Å²) < 4.78 is 0. The molecule has 0 spiro atoms. The van der Waals surface area contributed by atoms with Crippen molar-refractivity contribution in [1.82, 2.24) is 5.32 Å². The van der Waals surface area contributed by atoms with Crippen molar-refractivity contribution in [3.8, 4) is 0 Å². The van der Waals surface area contributed by atoms with Gasteiger partial charge in [0.15, 0.2) is 0 Å². The first-order chi connectivity index (χ1) is 9.33. The maximum Gasteiger partial charge on any atom is 0.141 e. The zero-order valence-corrected chi connectivity index (χ0v) is 11.5. The number of benzene rings is 1. The van der Waals surface area contributed by atoms with Gasteiger partial charge < -0.3 is 5.32 Å². The van der Waals surface area contributed by atoms with E-state index in [1.54, 1.807) is 0 Å². The van der Waals surface area contributed by atoms with Crippen LogP contribution in [-0.2, 0) is 11.3 Å². The molecule has 19 heavy (non-hydrogen) atoms. The van der Waals surface area contributed by atoms with Crippen molar-refractivity contribution in [3.63, 3.8) is 0 Å². The molecule has 1 aliphatic heterocycles. The van der Waals surface area contributed by atoms with E-state index in [1.165, 1.54) is 11.1 Å². The molecule has 0 bridgehead atoms. The second kappa shape index (κ2) is 7.25. The highest BCUT2D eigenvalue weighted by Gasteiger charge is 2.25. The Hall–Kier alpha value is -1.41. The van der Waals surface area contributed by atoms with Crippen molar-refractivity contribution >= 4 is 5.78 Å². The number of Topliss-reactive ketones (excluding diaryl/α,β-unsaturated/α-hetero) is 1. The largest absolute Gasteiger partial charge is 0.312 e. The third-order valence-corrected chi connectivity index (χ3v) is 3.81. The Morgan fingerprint density at radius 2 is 2.16 bits per heavy atom. The van der Waals surface area contributed by atoms with Crippen molar-refractivity contribution in [2.24, 2.45) is 0 Å². The van der Waals surface area contributed by atoms with E-state index in [9.17, 15) is 4.79 Å². The van der Waals surface area contributed by atoms with Crippen LogP contribution in [0.5, 0.6) is 0 Å². The van der Waals surface area contributed by atoms with E-state index in [1.807, 2.05) is 18.2 Å². The van der Waals surface area contributed by atoms with Crippen LogP contribution in [0.2, 0.25) is 0 Å². The molecule has 1 unspecified atom stereocenters. The first-order valence-electron chi connectivity index (χ1n) is 7.25. The van der Waals surface area contributed by atoms with E-state index < -0.39 is 0 Å². The van der Waals surface area contributed by atoms with Gasteiger partial charge in [0, 0.05) is 19.5 Å². The maximum atomic E-state index is 12.3. The summed E-state index contributed by atoms with van der Waals surface area (Å²) in [4.78, 5) is 12.3. The summed E-state index contributed by atoms with van der Waals surface area (Å²) in [6.45, 7) is 5.40. The van der Waals surface area contributed by atoms with E-state index in [0.29, 0.717) is 12.2 Å². The SMILES string of the molecule is C=CCCCCCC(=O)C1CNCc2ccccc21. The highest BCUT2D eigenvalue weighted by Crippen LogP contribution is 2.26. The number of allylic oxidation sites excluding steroid dienone is 1. The van der Waals surface area contributed by atoms with Crippen LogP contribution in [0.3, 0.4) is 0 Å². The van der Waals surface area contributed by atoms with Crippen molar-refractivity contribution < 1.29 is 4.79 Å². The monoisotopic (exact) mass is 257 g/mol. The standard InChI is InChI=1S/C17H23NO/c1-2-3-4-5-6-11-17(19)16-13-18-12-14-9-7-8-10-15(14)16/h2,7-10,16,18H,1,3-6,11-13H2. The van der Waals surface area contributed by atoms with Crippen LogP contribution in [0.25, 0.3) is 0 Å². The molecule has 0 saturated heterocycles. The van der Waals surface area contributed by atoms with Gasteiger partial charge in [0.05, 0.1) is 5.92 Å². The predicted octanol–water partition coefficient (Wildman–Crippen LogP) is 3.58. The molecule has 102 valence electrons. The minimum Gasteiger partial charge on any atom is -0.312 e. The third kappa shape index (κ3) is 3.77. The minimum atomic E-state index is 0.0596. The Morgan fingerprint density at radius 1 is 1.32 bits per heavy atom. The molecule has 1 aromatic carbocycles. The third-order valence-electron chi connectivity index (χ3n) is 3.81. The molecule has 2 heteroatoms. The number of unbranched alkanes of at least 4 members (excludes halogenated alkanes) is 3. The van der Waals surface area contributed by atoms with Crippen molar-refractivity contribution in [2.45, 2.75) is 44.6 Å². The average molecular weight is 257 g/mol. The summed E-state index contributed by atoms with van der Waals surface area (Å²) in [6, 6.07) is 8.31. The van der Waals surface area contributed by atoms with Crippen LogP contribution >= 0.6 is 0 Å². The summed E-state index contributed by atoms with van der Waals surface area (Å²) in [5.41, 5.74) is 2.51. The lowest BCUT2D eigenvalue weighted by atomic mass is 9.86. The number of rotatable bonds is 7. The minimum absolute atomic E-state index is 0.0596. The van der Waals surface area contributed by atoms with Crippen molar-refractivity contribution in [3.05, 3.63) is 48.0 Å². The molecule has 1 N–H and O–H groups in total. The molecule has 2 rings (SSSR count). The predicted molar refractivity (Wildman–Crippen MR) is 79.2 cm³/mol. The normalized spacial score (nSPS) is 17.8. The van der Waals surface area contributed by atoms with Crippen molar-refractivity contribution in [2.75, 3.05) is 6.54 Å². The van der Waals surface area contributed by atoms with Gasteiger partial charge in [0.25, 0.3) is 0 Å². The zero-order chi connectivity index (χ0) is 13.5. The number of carbonyl (C=O) groups excluding carboxylic acids is 1. The van der Waals surface area contributed by atoms with Crippen LogP contribution in [0.1, 0.15) is 49.1 Å². The van der Waals surface area contributed by atoms with Gasteiger partial charge in [-0.05, 0) is 30.4 Å². The van der Waals surface area contributed by atoms with E-state index in [0.717, 1.165) is 38.8 Å². The second-order valence-electron chi connectivity index (χ2n) is 5.24. The summed E-state index contributed by atoms with van der Waals surface area (Å²) in [6.07, 6.45) is 6.99. The van der Waals surface area contributed by atoms with Crippen molar-refractivity contribution in [1.29, 1.82) is 0 Å². The molecule has 0 radical (unpaired) electrons. The van der Waals surface area contributed by atoms with Gasteiger partial charge in [-0.25, -0.2) is 0 Å². The van der Waals surface area contributed by atoms with Crippen LogP contribution < -0.4 is 5.32 Å². The van der Waals surface area contributed by atoms with E-state index in [-0.39, 0.29) is 5.92 Å². The number of nitrogens with one attached hydrogen (secondary N) is 1. The van der Waals surface area contributed by atoms with Gasteiger partial charge in [-0.3, -0.25) is 4.79 Å². The summed E-state index contributed by atoms with van der Waals surface area (Å²) in [7, 11) is 0. The van der Waals surface area contributed by atoms with Gasteiger partial charge in [-0.2, -0.15) is 0 Å². The molecule has 1 aromatic rings. The highest BCUT2D eigenvalue weighted by atomic mass is 16.1. The van der Waals surface area contributed by atoms with Crippen LogP contribution in [0, 0.1) is 0 Å². The number of fused-ring (bicyclic) bond motifs is 1. The Morgan fingerprint density at radius 3 is 3.00 bits per heavy atom. The Labute approximate surface area is 115 Å². The quantitative estimate of drug-likeness (QED) is 0.597. The first kappa shape index (κ1) is 14.0. The van der Waals surface area contributed by atoms with Gasteiger partial charge >= 0.3 is 0 Å². The van der Waals surface area contributed by atoms with E-state index in [4.69, 9.17) is 0 Å². The maximum absolute atomic E-state index is 12.3. The Bertz CT molecular complexity index is 439. The zero-order valence-electron chi connectivity index (χ0n) is 11.5. The fourth-order valence-corrected chi connectivity index (χ4v) is 2.72. The fraction of sp³-hybridized carbons (Fsp3) is 0.471. The number of carbonyl (C=O) groups is 1. The molecule has 1 heterocycles. The lowest BCUT2D eigenvalue weighted by molar-refractivity contribution is -0.120. The van der Waals surface area contributed by atoms with E-state index >= 15 is 0 Å². The highest BCUT2D eigenvalue weighted by molar-refractivity contribution is 5.86. The molecule has 0 aliphatic carbocycles. The summed E-state index contributed by atoms with van der Waals surface area (Å²) in [5.74, 6) is 0.447. The van der Waals surface area contributed by atoms with Gasteiger partial charge in [-0.1, -0.05) is 36.8 Å². The van der Waals surface area contributed by atoms with Crippen LogP contribution in [-0.4, -0.2) is 12.3 Å². The topological polar surface area (TPSA) is 29.1 Å². The summed E-state index contributed by atoms with van der Waals surface area (Å²) >= 11 is 0. The van der Waals surface area contributed by atoms with E-state index in [2.05, 4.69) is 24.0 Å². The van der Waals surface area contributed by atoms with Crippen LogP contribution in [0.15, 0.2) is 36.9 Å². The summed E-state index contributed by atoms with van der Waals surface area (Å²) in [5, 5.41) is 3.35. The first-order valence-corrected chi connectivity index (χ1v) is 7.25.